The Kier molecular flexibility index (Phi) is 6.48. The first-order valence-corrected chi connectivity index (χ1v) is 9.40. The fourth-order valence-corrected chi connectivity index (χ4v) is 3.16. The summed E-state index contributed by atoms with van der Waals surface area (Å²) in [6, 6.07) is 0. The summed E-state index contributed by atoms with van der Waals surface area (Å²) in [4.78, 5) is 28.4. The number of hydrogen-bond donors (Lipinski definition) is 2. The first-order chi connectivity index (χ1) is 12.2. The second-order valence-electron chi connectivity index (χ2n) is 6.10. The minimum atomic E-state index is -5.12. The molecule has 1 atom stereocenters. The molecule has 26 heavy (non-hydrogen) atoms. The van der Waals surface area contributed by atoms with Gasteiger partial charge in [0.25, 0.3) is 0 Å². The first kappa shape index (κ1) is 20.5. The van der Waals surface area contributed by atoms with Crippen molar-refractivity contribution >= 4 is 28.3 Å². The van der Waals surface area contributed by atoms with Crippen molar-refractivity contribution < 1.29 is 27.5 Å². The molecule has 10 heteroatoms. The normalized spacial score (nSPS) is 16.7. The molecule has 0 aromatic carbocycles. The van der Waals surface area contributed by atoms with Gasteiger partial charge in [0, 0.05) is 17.7 Å². The third-order valence-corrected chi connectivity index (χ3v) is 4.68. The maximum atomic E-state index is 13.9. The highest BCUT2D eigenvalue weighted by Crippen LogP contribution is 2.42. The molecule has 1 aliphatic carbocycles. The van der Waals surface area contributed by atoms with Crippen LogP contribution < -0.4 is 10.6 Å². The second kappa shape index (κ2) is 8.24. The van der Waals surface area contributed by atoms with Crippen LogP contribution in [0.5, 0.6) is 0 Å². The monoisotopic (exact) mass is 393 g/mol. The highest BCUT2D eigenvalue weighted by molar-refractivity contribution is 7.13. The maximum Gasteiger partial charge on any atom is 0.442 e. The van der Waals surface area contributed by atoms with Crippen molar-refractivity contribution in [1.82, 2.24) is 10.3 Å². The number of hydrogen-bond acceptors (Lipinski definition) is 6. The zero-order valence-corrected chi connectivity index (χ0v) is 15.4. The minimum Gasteiger partial charge on any atom is -0.463 e. The predicted molar refractivity (Wildman–Crippen MR) is 90.8 cm³/mol. The number of halogens is 3. The quantitative estimate of drug-likeness (QED) is 0.495. The Morgan fingerprint density at radius 3 is 2.58 bits per heavy atom. The van der Waals surface area contributed by atoms with Crippen molar-refractivity contribution in [3.63, 3.8) is 0 Å². The SMILES string of the molecule is CCCCC(=O)N[C@@](Nc1nc(C2CC2)cs1)(C(=O)OCC)C(F)(F)F. The standard InChI is InChI=1S/C16H22F3N3O3S/c1-3-5-6-12(23)21-15(16(17,18)19,13(24)25-4-2)22-14-20-11(9-26-14)10-7-8-10/h9-10H,3-8H2,1-2H3,(H,20,22)(H,21,23)/t15-/m1/s1. The number of nitrogens with zero attached hydrogens (tertiary/aromatic N) is 1. The van der Waals surface area contributed by atoms with Crippen molar-refractivity contribution in [2.24, 2.45) is 0 Å². The van der Waals surface area contributed by atoms with Crippen molar-refractivity contribution in [1.29, 1.82) is 0 Å². The van der Waals surface area contributed by atoms with Crippen LogP contribution in [0, 0.1) is 0 Å². The molecule has 1 aromatic heterocycles. The Bertz CT molecular complexity index is 646. The Balaban J connectivity index is 2.32. The molecule has 1 aromatic rings. The number of carbonyl (C=O) groups excluding carboxylic acids is 2. The summed E-state index contributed by atoms with van der Waals surface area (Å²) in [7, 11) is 0. The molecule has 0 aliphatic heterocycles. The molecular formula is C16H22F3N3O3S. The summed E-state index contributed by atoms with van der Waals surface area (Å²) < 4.78 is 46.3. The van der Waals surface area contributed by atoms with Crippen LogP contribution in [-0.4, -0.2) is 35.3 Å². The van der Waals surface area contributed by atoms with Gasteiger partial charge in [0.05, 0.1) is 12.3 Å². The average molecular weight is 393 g/mol. The molecule has 0 spiro atoms. The number of alkyl halides is 3. The van der Waals surface area contributed by atoms with E-state index in [-0.39, 0.29) is 24.1 Å². The van der Waals surface area contributed by atoms with Gasteiger partial charge in [-0.25, -0.2) is 9.78 Å². The molecule has 1 saturated carbocycles. The van der Waals surface area contributed by atoms with Gasteiger partial charge in [0.2, 0.25) is 5.91 Å². The highest BCUT2D eigenvalue weighted by atomic mass is 32.1. The number of ether oxygens (including phenoxy) is 1. The molecule has 1 amide bonds. The number of amides is 1. The van der Waals surface area contributed by atoms with Gasteiger partial charge < -0.3 is 15.4 Å². The molecule has 1 aliphatic rings. The Hall–Kier alpha value is -1.84. The molecule has 6 nitrogen and oxygen atoms in total. The topological polar surface area (TPSA) is 80.3 Å². The lowest BCUT2D eigenvalue weighted by atomic mass is 10.1. The number of rotatable bonds is 9. The molecule has 0 radical (unpaired) electrons. The molecule has 1 heterocycles. The van der Waals surface area contributed by atoms with Gasteiger partial charge in [-0.15, -0.1) is 11.3 Å². The van der Waals surface area contributed by atoms with Crippen molar-refractivity contribution in [3.8, 4) is 0 Å². The summed E-state index contributed by atoms with van der Waals surface area (Å²) in [5.74, 6) is -2.24. The molecule has 2 N–H and O–H groups in total. The lowest BCUT2D eigenvalue weighted by Gasteiger charge is -2.34. The van der Waals surface area contributed by atoms with E-state index in [1.165, 1.54) is 6.92 Å². The van der Waals surface area contributed by atoms with Crippen LogP contribution in [0.3, 0.4) is 0 Å². The molecular weight excluding hydrogens is 371 g/mol. The van der Waals surface area contributed by atoms with E-state index in [1.807, 2.05) is 12.2 Å². The van der Waals surface area contributed by atoms with Crippen molar-refractivity contribution in [2.45, 2.75) is 63.7 Å². The molecule has 146 valence electrons. The number of carbonyl (C=O) groups is 2. The van der Waals surface area contributed by atoms with Crippen LogP contribution in [0.2, 0.25) is 0 Å². The third-order valence-electron chi connectivity index (χ3n) is 3.90. The van der Waals surface area contributed by atoms with E-state index in [4.69, 9.17) is 0 Å². The van der Waals surface area contributed by atoms with Crippen LogP contribution >= 0.6 is 11.3 Å². The van der Waals surface area contributed by atoms with Crippen LogP contribution in [0.15, 0.2) is 5.38 Å². The van der Waals surface area contributed by atoms with Gasteiger partial charge in [-0.2, -0.15) is 13.2 Å². The number of nitrogens with one attached hydrogen (secondary N) is 2. The predicted octanol–water partition coefficient (Wildman–Crippen LogP) is 3.56. The highest BCUT2D eigenvalue weighted by Gasteiger charge is 2.64. The Morgan fingerprint density at radius 1 is 1.35 bits per heavy atom. The number of unbranched alkanes of at least 4 members (excludes halogenated alkanes) is 1. The maximum absolute atomic E-state index is 13.9. The summed E-state index contributed by atoms with van der Waals surface area (Å²) >= 11 is 0.960. The van der Waals surface area contributed by atoms with Gasteiger partial charge >= 0.3 is 17.8 Å². The summed E-state index contributed by atoms with van der Waals surface area (Å²) in [5.41, 5.74) is -2.68. The largest absolute Gasteiger partial charge is 0.463 e. The fourth-order valence-electron chi connectivity index (χ4n) is 2.31. The number of anilines is 1. The number of aromatic nitrogens is 1. The van der Waals surface area contributed by atoms with E-state index < -0.39 is 23.7 Å². The van der Waals surface area contributed by atoms with Crippen LogP contribution in [-0.2, 0) is 14.3 Å². The van der Waals surface area contributed by atoms with Crippen molar-refractivity contribution in [3.05, 3.63) is 11.1 Å². The summed E-state index contributed by atoms with van der Waals surface area (Å²) in [6.07, 6.45) is -2.31. The van der Waals surface area contributed by atoms with E-state index in [1.54, 1.807) is 5.38 Å². The molecule has 1 fully saturated rings. The smallest absolute Gasteiger partial charge is 0.442 e. The average Bonchev–Trinajstić information content (AvgIpc) is 3.31. The zero-order valence-electron chi connectivity index (χ0n) is 14.6. The van der Waals surface area contributed by atoms with Crippen molar-refractivity contribution in [2.75, 3.05) is 11.9 Å². The van der Waals surface area contributed by atoms with E-state index in [9.17, 15) is 22.8 Å². The lowest BCUT2D eigenvalue weighted by Crippen LogP contribution is -2.69. The van der Waals surface area contributed by atoms with E-state index >= 15 is 0 Å². The van der Waals surface area contributed by atoms with E-state index in [0.717, 1.165) is 24.2 Å². The third kappa shape index (κ3) is 4.66. The molecule has 0 unspecified atom stereocenters. The molecule has 2 rings (SSSR count). The van der Waals surface area contributed by atoms with Gasteiger partial charge in [0.15, 0.2) is 5.13 Å². The van der Waals surface area contributed by atoms with Crippen LogP contribution in [0.25, 0.3) is 0 Å². The zero-order chi connectivity index (χ0) is 19.4. The first-order valence-electron chi connectivity index (χ1n) is 8.52. The van der Waals surface area contributed by atoms with E-state index in [2.05, 4.69) is 15.0 Å². The van der Waals surface area contributed by atoms with Crippen LogP contribution in [0.1, 0.15) is 57.6 Å². The Morgan fingerprint density at radius 2 is 2.04 bits per heavy atom. The lowest BCUT2D eigenvalue weighted by molar-refractivity contribution is -0.207. The van der Waals surface area contributed by atoms with Gasteiger partial charge in [0.1, 0.15) is 0 Å². The molecule has 0 bridgehead atoms. The Labute approximate surface area is 153 Å². The van der Waals surface area contributed by atoms with Gasteiger partial charge in [-0.05, 0) is 26.2 Å². The second-order valence-corrected chi connectivity index (χ2v) is 6.95. The van der Waals surface area contributed by atoms with Crippen LogP contribution in [0.4, 0.5) is 18.3 Å². The fraction of sp³-hybridized carbons (Fsp3) is 0.688. The van der Waals surface area contributed by atoms with Gasteiger partial charge in [-0.3, -0.25) is 4.79 Å². The summed E-state index contributed by atoms with van der Waals surface area (Å²) in [5, 5.41) is 5.48. The van der Waals surface area contributed by atoms with Gasteiger partial charge in [-0.1, -0.05) is 13.3 Å². The van der Waals surface area contributed by atoms with E-state index in [0.29, 0.717) is 18.5 Å². The minimum absolute atomic E-state index is 0.0898. The number of thiazole rings is 1. The molecule has 0 saturated heterocycles. The number of esters is 1. The summed E-state index contributed by atoms with van der Waals surface area (Å²) in [6.45, 7) is 2.95.